The number of anilines is 5. The molecule has 13 nitrogen and oxygen atoms in total. The van der Waals surface area contributed by atoms with Gasteiger partial charge in [0.05, 0.1) is 5.56 Å². The number of aryl methyl sites for hydroxylation is 3. The Balaban J connectivity index is 0.000000200. The summed E-state index contributed by atoms with van der Waals surface area (Å²) in [6.45, 7) is 7.31. The Morgan fingerprint density at radius 2 is 1.25 bits per heavy atom. The summed E-state index contributed by atoms with van der Waals surface area (Å²) >= 11 is 0. The summed E-state index contributed by atoms with van der Waals surface area (Å²) in [6.07, 6.45) is 12.7. The molecule has 2 aromatic heterocycles. The highest BCUT2D eigenvalue weighted by atomic mass is 31.0. The van der Waals surface area contributed by atoms with E-state index in [1.165, 1.54) is 51.6 Å². The van der Waals surface area contributed by atoms with E-state index in [0.29, 0.717) is 47.1 Å². The molecule has 4 aromatic rings. The van der Waals surface area contributed by atoms with Crippen molar-refractivity contribution in [2.75, 3.05) is 16.0 Å². The number of carbonyl (C=O) groups excluding carboxylic acids is 2. The molecule has 2 saturated carbocycles. The molecule has 0 saturated heterocycles. The maximum Gasteiger partial charge on any atom is 0.254 e. The van der Waals surface area contributed by atoms with Crippen LogP contribution in [0.25, 0.3) is 0 Å². The minimum absolute atomic E-state index is 0.0612. The van der Waals surface area contributed by atoms with E-state index >= 15 is 0 Å². The van der Waals surface area contributed by atoms with E-state index in [4.69, 9.17) is 11.5 Å². The van der Waals surface area contributed by atoms with Crippen molar-refractivity contribution < 1.29 is 9.59 Å². The highest BCUT2D eigenvalue weighted by Crippen LogP contribution is 2.25. The fourth-order valence-electron chi connectivity index (χ4n) is 6.30. The third-order valence-electron chi connectivity index (χ3n) is 9.23. The van der Waals surface area contributed by atoms with Gasteiger partial charge >= 0.3 is 0 Å². The molecule has 0 radical (unpaired) electrons. The fraction of sp³-hybridized carbons (Fsp3) is 0.421. The topological polar surface area (TPSA) is 198 Å². The van der Waals surface area contributed by atoms with Gasteiger partial charge in [-0.2, -0.15) is 4.98 Å². The number of nitrogens with one attached hydrogen (secondary N) is 5. The second-order valence-electron chi connectivity index (χ2n) is 13.6. The average Bonchev–Trinajstić information content (AvgIpc) is 3.12. The number of hydrogen-bond acceptors (Lipinski definition) is 12. The smallest absolute Gasteiger partial charge is 0.254 e. The van der Waals surface area contributed by atoms with E-state index < -0.39 is 5.91 Å². The summed E-state index contributed by atoms with van der Waals surface area (Å²) in [6, 6.07) is 17.3. The predicted molar refractivity (Wildman–Crippen MR) is 222 cm³/mol. The third-order valence-corrected chi connectivity index (χ3v) is 10.1. The molecule has 2 aromatic carbocycles. The van der Waals surface area contributed by atoms with E-state index in [2.05, 4.69) is 64.8 Å². The van der Waals surface area contributed by atoms with Gasteiger partial charge in [-0.25, -0.2) is 15.0 Å². The fourth-order valence-corrected chi connectivity index (χ4v) is 7.12. The van der Waals surface area contributed by atoms with Gasteiger partial charge < -0.3 is 27.4 Å². The highest BCUT2D eigenvalue weighted by Gasteiger charge is 2.25. The Bertz CT molecular complexity index is 1810. The number of rotatable bonds is 10. The van der Waals surface area contributed by atoms with Crippen LogP contribution >= 0.6 is 18.8 Å². The highest BCUT2D eigenvalue weighted by molar-refractivity contribution is 7.13. The monoisotopic (exact) mass is 759 g/mol. The van der Waals surface area contributed by atoms with Gasteiger partial charge in [0, 0.05) is 47.9 Å². The zero-order valence-electron chi connectivity index (χ0n) is 31.2. The van der Waals surface area contributed by atoms with Gasteiger partial charge in [-0.1, -0.05) is 68.7 Å². The molecule has 284 valence electrons. The quantitative estimate of drug-likeness (QED) is 0.0695. The van der Waals surface area contributed by atoms with Crippen molar-refractivity contribution in [1.29, 1.82) is 0 Å². The first-order valence-corrected chi connectivity index (χ1v) is 19.3. The van der Waals surface area contributed by atoms with Crippen LogP contribution in [-0.4, -0.2) is 55.8 Å². The Labute approximate surface area is 318 Å². The molecule has 0 aliphatic heterocycles. The number of benzene rings is 2. The number of amides is 1. The standard InChI is InChI=1S/C19H26N5OP.C13H14N4O.C6H15N2P/c1-12-6-5-7-14(10-12)21-18-15(13(2)25)11-20-19(23-18)22-16-8-3-4-9-17(16)24-26;1-8-4-3-5-10(6-8)17-13-11(12(14)18)7-15-9(2)16-13;7-5-3-1-2-4-6(5)8-9/h5-7,10-11,16-17,24H,3-4,8-9,26H2,1-2H3,(H2,20,21,22,23);3-7H,1-2H3,(H2,14,18)(H,15,16,17);5-6,8H,1-4,7,9H2/t16-,17+;;5-,6+/m1.1/s1. The molecular weight excluding hydrogens is 704 g/mol. The van der Waals surface area contributed by atoms with Crippen LogP contribution in [-0.2, 0) is 0 Å². The lowest BCUT2D eigenvalue weighted by molar-refractivity contribution is 0.0996. The molecule has 2 aliphatic rings. The number of primary amides is 1. The molecule has 0 spiro atoms. The van der Waals surface area contributed by atoms with Crippen molar-refractivity contribution in [2.45, 2.75) is 103 Å². The Kier molecular flexibility index (Phi) is 16.5. The van der Waals surface area contributed by atoms with Gasteiger partial charge in [0.25, 0.3) is 5.91 Å². The van der Waals surface area contributed by atoms with Crippen LogP contribution in [0.15, 0.2) is 60.9 Å². The number of ketones is 1. The van der Waals surface area contributed by atoms with Crippen LogP contribution in [0.3, 0.4) is 0 Å². The molecule has 2 fully saturated rings. The SMILES string of the molecule is CC(=O)c1cnc(N[C@@H]2CCCC[C@@H]2NP)nc1Nc1cccc(C)c1.Cc1cccc(Nc2nc(C)ncc2C(N)=O)c1.N[C@@H]1CCCC[C@@H]1NP. The van der Waals surface area contributed by atoms with Crippen molar-refractivity contribution in [3.05, 3.63) is 89.0 Å². The van der Waals surface area contributed by atoms with E-state index in [-0.39, 0.29) is 17.4 Å². The van der Waals surface area contributed by atoms with Gasteiger partial charge in [-0.15, -0.1) is 0 Å². The van der Waals surface area contributed by atoms with Crippen LogP contribution in [0.4, 0.5) is 29.0 Å². The summed E-state index contributed by atoms with van der Waals surface area (Å²) in [5.41, 5.74) is 15.9. The lowest BCUT2D eigenvalue weighted by atomic mass is 9.91. The molecule has 2 unspecified atom stereocenters. The number of nitrogens with zero attached hydrogens (tertiary/aromatic N) is 4. The zero-order chi connectivity index (χ0) is 38.3. The van der Waals surface area contributed by atoms with Crippen molar-refractivity contribution in [3.8, 4) is 0 Å². The van der Waals surface area contributed by atoms with E-state index in [1.54, 1.807) is 13.1 Å². The maximum absolute atomic E-state index is 12.0. The predicted octanol–water partition coefficient (Wildman–Crippen LogP) is 6.41. The summed E-state index contributed by atoms with van der Waals surface area (Å²) in [7, 11) is 5.15. The Morgan fingerprint density at radius 1 is 0.717 bits per heavy atom. The van der Waals surface area contributed by atoms with Gasteiger partial charge in [-0.05, 0) is 88.8 Å². The van der Waals surface area contributed by atoms with Crippen LogP contribution in [0.1, 0.15) is 96.0 Å². The lowest BCUT2D eigenvalue weighted by Gasteiger charge is -2.31. The number of carbonyl (C=O) groups is 2. The minimum atomic E-state index is -0.551. The first-order chi connectivity index (χ1) is 25.5. The molecule has 6 atom stereocenters. The number of hydrogen-bond donors (Lipinski definition) is 7. The second-order valence-corrected chi connectivity index (χ2v) is 14.2. The van der Waals surface area contributed by atoms with E-state index in [9.17, 15) is 9.59 Å². The van der Waals surface area contributed by atoms with Crippen molar-refractivity contribution >= 4 is 59.4 Å². The summed E-state index contributed by atoms with van der Waals surface area (Å²) in [5.74, 6) is 1.48. The van der Waals surface area contributed by atoms with E-state index in [1.807, 2.05) is 62.4 Å². The van der Waals surface area contributed by atoms with Crippen LogP contribution in [0, 0.1) is 20.8 Å². The summed E-state index contributed by atoms with van der Waals surface area (Å²) < 4.78 is 0. The van der Waals surface area contributed by atoms with Gasteiger partial charge in [-0.3, -0.25) is 19.8 Å². The number of Topliss-reactive ketones (excluding diaryl/α,β-unsaturated/α-hetero) is 1. The average molecular weight is 760 g/mol. The van der Waals surface area contributed by atoms with Crippen molar-refractivity contribution in [3.63, 3.8) is 0 Å². The van der Waals surface area contributed by atoms with Crippen molar-refractivity contribution in [1.82, 2.24) is 30.1 Å². The third kappa shape index (κ3) is 13.1. The van der Waals surface area contributed by atoms with E-state index in [0.717, 1.165) is 35.3 Å². The van der Waals surface area contributed by atoms with Crippen molar-refractivity contribution in [2.24, 2.45) is 11.5 Å². The maximum atomic E-state index is 12.0. The molecule has 0 bridgehead atoms. The molecule has 6 rings (SSSR count). The normalized spacial score (nSPS) is 19.4. The minimum Gasteiger partial charge on any atom is -0.365 e. The Morgan fingerprint density at radius 3 is 1.75 bits per heavy atom. The molecule has 2 aliphatic carbocycles. The zero-order valence-corrected chi connectivity index (χ0v) is 33.5. The van der Waals surface area contributed by atoms with Crippen LogP contribution in [0.2, 0.25) is 0 Å². The van der Waals surface area contributed by atoms with Crippen LogP contribution in [0.5, 0.6) is 0 Å². The molecule has 15 heteroatoms. The van der Waals surface area contributed by atoms with Crippen LogP contribution < -0.4 is 37.6 Å². The number of aromatic nitrogens is 4. The molecule has 53 heavy (non-hydrogen) atoms. The summed E-state index contributed by atoms with van der Waals surface area (Å²) in [5, 5.41) is 16.2. The summed E-state index contributed by atoms with van der Waals surface area (Å²) in [4.78, 5) is 40.4. The first kappa shape index (κ1) is 41.6. The van der Waals surface area contributed by atoms with Gasteiger partial charge in [0.1, 0.15) is 23.0 Å². The molecular formula is C38H55N11O2P2. The second kappa shape index (κ2) is 20.9. The largest absolute Gasteiger partial charge is 0.365 e. The molecule has 1 amide bonds. The Hall–Kier alpha value is -4.12. The number of nitrogens with two attached hydrogens (primary N) is 2. The molecule has 2 heterocycles. The first-order valence-electron chi connectivity index (χ1n) is 18.1. The van der Waals surface area contributed by atoms with Gasteiger partial charge in [0.15, 0.2) is 5.78 Å². The van der Waals surface area contributed by atoms with Gasteiger partial charge in [0.2, 0.25) is 5.95 Å². The molecule has 9 N–H and O–H groups in total. The lowest BCUT2D eigenvalue weighted by Crippen LogP contribution is -2.43.